The molecule has 2 heterocycles. The number of fused-ring (bicyclic) bond motifs is 6. The number of carboxylic acid groups (broad SMARTS) is 2. The van der Waals surface area contributed by atoms with Gasteiger partial charge in [0.1, 0.15) is 17.8 Å². The number of aryl methyl sites for hydroxylation is 1. The van der Waals surface area contributed by atoms with E-state index in [0.29, 0.717) is 10.6 Å². The van der Waals surface area contributed by atoms with Crippen LogP contribution < -0.4 is 20.6 Å². The van der Waals surface area contributed by atoms with Crippen LogP contribution in [0.15, 0.2) is 401 Å². The maximum atomic E-state index is 9.62. The second kappa shape index (κ2) is 42.2. The zero-order valence-electron chi connectivity index (χ0n) is 70.2. The molecule has 2 aromatic heterocycles. The number of benzene rings is 15. The Morgan fingerprint density at radius 1 is 0.317 bits per heavy atom. The Morgan fingerprint density at radius 3 is 0.889 bits per heavy atom. The fraction of sp³-hybridized carbons (Fsp3) is 0.0909. The van der Waals surface area contributed by atoms with Crippen molar-refractivity contribution in [2.24, 2.45) is 0 Å². The van der Waals surface area contributed by atoms with Gasteiger partial charge in [-0.1, -0.05) is 350 Å². The Bertz CT molecular complexity index is 6460. The van der Waals surface area contributed by atoms with E-state index in [0.717, 1.165) is 87.3 Å². The van der Waals surface area contributed by atoms with Gasteiger partial charge in [-0.3, -0.25) is 9.59 Å². The molecule has 0 radical (unpaired) electrons. The molecule has 0 saturated heterocycles. The van der Waals surface area contributed by atoms with Crippen molar-refractivity contribution in [2.45, 2.75) is 66.7 Å². The Labute approximate surface area is 760 Å². The first-order chi connectivity index (χ1) is 60.1. The summed E-state index contributed by atoms with van der Waals surface area (Å²) in [4.78, 5) is 40.0. The number of anilines is 6. The standard InChI is InChI=1S/C49H37N3.C33H28BNO2.C16H11ClN2.C7H9P.2C2H4O2.CH4.Pd/c1-49(2)45-16-10-9-15-43(45)44-30-29-42(31-46(44)49)52(40-25-21-37(22-26-40)35-13-7-4-8-14-35)41-27-23-39(24-28-41)48-32-47(50-33-51-48)38-19-17-36(18-20-38)34-11-5-3-6-12-34;1-33(2)31-11-7-6-10-29(31)30-21-20-28(22-32(30)33)35(27-18-14-25(15-19-27)34(36)37)26-16-12-24(13-17-26)23-8-4-3-5-9-23;17-16-10-15(18-11-19-16)14-8-6-13(7-9-14)12-4-2-1-3-5-12;1-6-4-2-3-5-7(6)8;2*1-2(3)4;;/h3-33H,1-2H3;3-22,36-37H,1-2H3;1-11H;2-5H,8H2,1H3;2*1H3,(H,3,4);1H4;. The van der Waals surface area contributed by atoms with Gasteiger partial charge < -0.3 is 30.1 Å². The number of carbonyl (C=O) groups is 2. The molecular weight excluding hydrogens is 1680 g/mol. The molecule has 0 saturated carbocycles. The monoisotopic (exact) mass is 1780 g/mol. The third-order valence-corrected chi connectivity index (χ3v) is 22.9. The average Bonchev–Trinajstić information content (AvgIpc) is 1.58. The summed E-state index contributed by atoms with van der Waals surface area (Å²) >= 11 is 5.87. The van der Waals surface area contributed by atoms with E-state index in [-0.39, 0.29) is 38.7 Å². The van der Waals surface area contributed by atoms with Crippen LogP contribution in [0.5, 0.6) is 0 Å². The summed E-state index contributed by atoms with van der Waals surface area (Å²) in [5.74, 6) is -1.67. The summed E-state index contributed by atoms with van der Waals surface area (Å²) in [6, 6.07) is 135. The van der Waals surface area contributed by atoms with Crippen LogP contribution in [-0.4, -0.2) is 59.3 Å². The minimum absolute atomic E-state index is 0. The first kappa shape index (κ1) is 91.6. The number of aromatic nitrogens is 4. The van der Waals surface area contributed by atoms with Crippen LogP contribution >= 0.6 is 20.8 Å². The van der Waals surface area contributed by atoms with Crippen molar-refractivity contribution in [3.8, 4) is 101 Å². The van der Waals surface area contributed by atoms with E-state index >= 15 is 0 Å². The summed E-state index contributed by atoms with van der Waals surface area (Å²) in [6.07, 6.45) is 3.14. The molecule has 0 spiro atoms. The normalized spacial score (nSPS) is 11.6. The minimum Gasteiger partial charge on any atom is -0.481 e. The first-order valence-electron chi connectivity index (χ1n) is 40.8. The van der Waals surface area contributed by atoms with Crippen LogP contribution in [0.3, 0.4) is 0 Å². The summed E-state index contributed by atoms with van der Waals surface area (Å²) in [5, 5.41) is 35.8. The fourth-order valence-electron chi connectivity index (χ4n) is 15.7. The zero-order chi connectivity index (χ0) is 86.9. The third kappa shape index (κ3) is 21.9. The van der Waals surface area contributed by atoms with E-state index in [1.54, 1.807) is 24.5 Å². The first-order valence-corrected chi connectivity index (χ1v) is 41.8. The van der Waals surface area contributed by atoms with E-state index in [9.17, 15) is 10.0 Å². The summed E-state index contributed by atoms with van der Waals surface area (Å²) in [6.45, 7) is 13.5. The molecule has 17 aromatic rings. The van der Waals surface area contributed by atoms with Crippen LogP contribution in [0, 0.1) is 6.92 Å². The van der Waals surface area contributed by atoms with Gasteiger partial charge >= 0.3 is 7.12 Å². The Hall–Kier alpha value is -13.6. The Kier molecular flexibility index (Phi) is 30.6. The molecular formula is C110H97BClN6O6PPd. The molecule has 0 fully saturated rings. The molecule has 2 aliphatic carbocycles. The number of aliphatic carboxylic acids is 2. The zero-order valence-corrected chi connectivity index (χ0v) is 73.7. The molecule has 1 atom stereocenters. The molecule has 19 rings (SSSR count). The number of carboxylic acids is 2. The summed E-state index contributed by atoms with van der Waals surface area (Å²) in [7, 11) is 1.19. The number of nitrogens with zero attached hydrogens (tertiary/aromatic N) is 6. The molecule has 4 N–H and O–H groups in total. The molecule has 0 amide bonds. The van der Waals surface area contributed by atoms with Crippen LogP contribution in [0.1, 0.15) is 76.8 Å². The van der Waals surface area contributed by atoms with E-state index in [4.69, 9.17) is 31.4 Å². The summed E-state index contributed by atoms with van der Waals surface area (Å²) in [5.41, 5.74) is 33.8. The van der Waals surface area contributed by atoms with Crippen molar-refractivity contribution < 1.29 is 50.3 Å². The van der Waals surface area contributed by atoms with Gasteiger partial charge in [0.05, 0.1) is 17.1 Å². The van der Waals surface area contributed by atoms with Gasteiger partial charge in [-0.25, -0.2) is 19.9 Å². The summed E-state index contributed by atoms with van der Waals surface area (Å²) < 4.78 is 0. The van der Waals surface area contributed by atoms with Crippen molar-refractivity contribution in [3.05, 3.63) is 434 Å². The minimum atomic E-state index is -1.49. The van der Waals surface area contributed by atoms with Crippen molar-refractivity contribution in [1.29, 1.82) is 0 Å². The van der Waals surface area contributed by atoms with Gasteiger partial charge in [0, 0.05) is 102 Å². The largest absolute Gasteiger partial charge is 0.488 e. The quantitative estimate of drug-likeness (QED) is 0.0462. The van der Waals surface area contributed by atoms with Crippen molar-refractivity contribution in [2.75, 3.05) is 9.80 Å². The number of hydrogen-bond donors (Lipinski definition) is 4. The van der Waals surface area contributed by atoms with Crippen LogP contribution in [-0.2, 0) is 40.8 Å². The number of rotatable bonds is 14. The molecule has 16 heteroatoms. The van der Waals surface area contributed by atoms with Crippen molar-refractivity contribution in [1.82, 2.24) is 19.9 Å². The van der Waals surface area contributed by atoms with Crippen LogP contribution in [0.2, 0.25) is 5.15 Å². The molecule has 628 valence electrons. The Balaban J connectivity index is 0.000000168. The van der Waals surface area contributed by atoms with Gasteiger partial charge in [-0.05, 0) is 191 Å². The maximum absolute atomic E-state index is 9.62. The van der Waals surface area contributed by atoms with E-state index in [1.165, 1.54) is 101 Å². The third-order valence-electron chi connectivity index (χ3n) is 22.1. The molecule has 126 heavy (non-hydrogen) atoms. The fourth-order valence-corrected chi connectivity index (χ4v) is 16.0. The maximum Gasteiger partial charge on any atom is 0.488 e. The second-order valence-electron chi connectivity index (χ2n) is 31.1. The van der Waals surface area contributed by atoms with E-state index < -0.39 is 19.1 Å². The smallest absolute Gasteiger partial charge is 0.481 e. The molecule has 12 nitrogen and oxygen atoms in total. The topological polar surface area (TPSA) is 173 Å². The number of halogens is 1. The Morgan fingerprint density at radius 2 is 0.571 bits per heavy atom. The van der Waals surface area contributed by atoms with Crippen LogP contribution in [0.4, 0.5) is 34.1 Å². The van der Waals surface area contributed by atoms with Gasteiger partial charge in [0.15, 0.2) is 0 Å². The number of hydrogen-bond acceptors (Lipinski definition) is 10. The van der Waals surface area contributed by atoms with Gasteiger partial charge in [0.2, 0.25) is 0 Å². The molecule has 1 unspecified atom stereocenters. The van der Waals surface area contributed by atoms with Gasteiger partial charge in [0.25, 0.3) is 11.9 Å². The predicted molar refractivity (Wildman–Crippen MR) is 522 cm³/mol. The van der Waals surface area contributed by atoms with Crippen molar-refractivity contribution in [3.63, 3.8) is 0 Å². The SMILES string of the molecule is C.CC(=O)O.CC(=O)O.CC1(C)c2ccccc2-c2ccc(N(c3ccc(-c4ccccc4)cc3)c3ccc(-c4cc(-c5ccc(-c6ccccc6)cc5)ncn4)cc3)cc21.CC1(C)c2ccccc2-c2ccc(N(c3ccc(B(O)O)cc3)c3ccc(-c4ccccc4)cc3)cc21.Cc1ccccc1P.Clc1cc(-c2ccc(-c3ccccc3)cc2)ncn1.[Pd]. The molecule has 15 aromatic carbocycles. The molecule has 0 aliphatic heterocycles. The van der Waals surface area contributed by atoms with Gasteiger partial charge in [-0.15, -0.1) is 9.24 Å². The van der Waals surface area contributed by atoms with E-state index in [2.05, 4.69) is 377 Å². The molecule has 2 aliphatic rings. The van der Waals surface area contributed by atoms with E-state index in [1.807, 2.05) is 66.7 Å². The predicted octanol–water partition coefficient (Wildman–Crippen LogP) is 26.5. The van der Waals surface area contributed by atoms with Gasteiger partial charge in [-0.2, -0.15) is 0 Å². The molecule has 0 bridgehead atoms. The van der Waals surface area contributed by atoms with Crippen molar-refractivity contribution >= 4 is 84.8 Å². The van der Waals surface area contributed by atoms with Crippen LogP contribution in [0.25, 0.3) is 101 Å². The second-order valence-corrected chi connectivity index (χ2v) is 32.1. The average molecular weight is 1780 g/mol.